The second-order valence-electron chi connectivity index (χ2n) is 4.78. The number of ether oxygens (including phenoxy) is 1. The minimum atomic E-state index is -0.249. The maximum absolute atomic E-state index is 12.2. The fourth-order valence-corrected chi connectivity index (χ4v) is 2.20. The van der Waals surface area contributed by atoms with Crippen molar-refractivity contribution in [3.8, 4) is 11.5 Å². The number of para-hydroxylation sites is 1. The zero-order valence-electron chi connectivity index (χ0n) is 11.9. The van der Waals surface area contributed by atoms with Crippen molar-refractivity contribution in [1.82, 2.24) is 0 Å². The standard InChI is InChI=1S/C18H14O4/c1-21-16-7-3-5-13-11-17(22-18(13)16)15(20)9-8-12-4-2-6-14(19)10-12/h2-11,19H,1H3/b9-8+. The minimum Gasteiger partial charge on any atom is -0.508 e. The van der Waals surface area contributed by atoms with Crippen molar-refractivity contribution < 1.29 is 19.1 Å². The van der Waals surface area contributed by atoms with Crippen LogP contribution in [-0.4, -0.2) is 18.0 Å². The molecule has 0 saturated heterocycles. The second-order valence-corrected chi connectivity index (χ2v) is 4.78. The molecule has 0 unspecified atom stereocenters. The molecule has 0 saturated carbocycles. The third-order valence-corrected chi connectivity index (χ3v) is 3.27. The van der Waals surface area contributed by atoms with Crippen molar-refractivity contribution in [1.29, 1.82) is 0 Å². The van der Waals surface area contributed by atoms with E-state index >= 15 is 0 Å². The number of rotatable bonds is 4. The Labute approximate surface area is 127 Å². The van der Waals surface area contributed by atoms with Gasteiger partial charge in [-0.05, 0) is 35.9 Å². The van der Waals surface area contributed by atoms with Gasteiger partial charge in [-0.1, -0.05) is 30.3 Å². The van der Waals surface area contributed by atoms with Crippen molar-refractivity contribution >= 4 is 22.8 Å². The van der Waals surface area contributed by atoms with Gasteiger partial charge in [-0.3, -0.25) is 4.79 Å². The van der Waals surface area contributed by atoms with E-state index in [9.17, 15) is 9.90 Å². The summed E-state index contributed by atoms with van der Waals surface area (Å²) in [4.78, 5) is 12.2. The van der Waals surface area contributed by atoms with Gasteiger partial charge < -0.3 is 14.3 Å². The lowest BCUT2D eigenvalue weighted by molar-refractivity contribution is 0.102. The zero-order chi connectivity index (χ0) is 15.5. The largest absolute Gasteiger partial charge is 0.508 e. The SMILES string of the molecule is COc1cccc2cc(C(=O)/C=C/c3cccc(O)c3)oc12. The Bertz CT molecular complexity index is 858. The summed E-state index contributed by atoms with van der Waals surface area (Å²) in [6, 6.07) is 13.8. The van der Waals surface area contributed by atoms with Gasteiger partial charge in [0.25, 0.3) is 0 Å². The summed E-state index contributed by atoms with van der Waals surface area (Å²) < 4.78 is 10.8. The van der Waals surface area contributed by atoms with Crippen LogP contribution in [0.5, 0.6) is 11.5 Å². The summed E-state index contributed by atoms with van der Waals surface area (Å²) in [6.07, 6.45) is 3.05. The summed E-state index contributed by atoms with van der Waals surface area (Å²) >= 11 is 0. The van der Waals surface area contributed by atoms with E-state index in [1.807, 2.05) is 12.1 Å². The first-order chi connectivity index (χ1) is 10.7. The van der Waals surface area contributed by atoms with E-state index in [4.69, 9.17) is 9.15 Å². The smallest absolute Gasteiger partial charge is 0.221 e. The van der Waals surface area contributed by atoms with E-state index in [0.29, 0.717) is 11.3 Å². The monoisotopic (exact) mass is 294 g/mol. The maximum atomic E-state index is 12.2. The van der Waals surface area contributed by atoms with Gasteiger partial charge in [0.1, 0.15) is 5.75 Å². The number of hydrogen-bond acceptors (Lipinski definition) is 4. The Morgan fingerprint density at radius 1 is 1.18 bits per heavy atom. The molecular formula is C18H14O4. The molecule has 1 N–H and O–H groups in total. The number of carbonyl (C=O) groups is 1. The van der Waals surface area contributed by atoms with Gasteiger partial charge in [-0.2, -0.15) is 0 Å². The average Bonchev–Trinajstić information content (AvgIpc) is 2.96. The topological polar surface area (TPSA) is 59.7 Å². The minimum absolute atomic E-state index is 0.156. The number of aromatic hydroxyl groups is 1. The molecule has 0 bridgehead atoms. The van der Waals surface area contributed by atoms with Crippen molar-refractivity contribution in [2.45, 2.75) is 0 Å². The van der Waals surface area contributed by atoms with E-state index in [0.717, 1.165) is 10.9 Å². The van der Waals surface area contributed by atoms with Crippen LogP contribution in [0.15, 0.2) is 59.0 Å². The molecule has 4 heteroatoms. The highest BCUT2D eigenvalue weighted by Crippen LogP contribution is 2.28. The lowest BCUT2D eigenvalue weighted by Gasteiger charge is -1.98. The summed E-state index contributed by atoms with van der Waals surface area (Å²) in [7, 11) is 1.56. The van der Waals surface area contributed by atoms with Gasteiger partial charge >= 0.3 is 0 Å². The van der Waals surface area contributed by atoms with Crippen molar-refractivity contribution in [3.05, 3.63) is 65.9 Å². The van der Waals surface area contributed by atoms with Crippen LogP contribution < -0.4 is 4.74 Å². The van der Waals surface area contributed by atoms with E-state index in [1.165, 1.54) is 6.08 Å². The molecular weight excluding hydrogens is 280 g/mol. The molecule has 4 nitrogen and oxygen atoms in total. The van der Waals surface area contributed by atoms with Gasteiger partial charge in [0.15, 0.2) is 17.1 Å². The maximum Gasteiger partial charge on any atom is 0.221 e. The molecule has 110 valence electrons. The van der Waals surface area contributed by atoms with Gasteiger partial charge in [-0.25, -0.2) is 0 Å². The second kappa shape index (κ2) is 5.77. The van der Waals surface area contributed by atoms with E-state index in [1.54, 1.807) is 49.6 Å². The third kappa shape index (κ3) is 2.72. The number of carbonyl (C=O) groups excluding carboxylic acids is 1. The molecule has 1 heterocycles. The van der Waals surface area contributed by atoms with Crippen LogP contribution >= 0.6 is 0 Å². The molecule has 0 atom stereocenters. The molecule has 2 aromatic carbocycles. The van der Waals surface area contributed by atoms with E-state index in [2.05, 4.69) is 0 Å². The molecule has 0 radical (unpaired) electrons. The van der Waals surface area contributed by atoms with Crippen molar-refractivity contribution in [2.75, 3.05) is 7.11 Å². The van der Waals surface area contributed by atoms with Crippen molar-refractivity contribution in [3.63, 3.8) is 0 Å². The quantitative estimate of drug-likeness (QED) is 0.582. The Balaban J connectivity index is 1.89. The molecule has 0 spiro atoms. The normalized spacial score (nSPS) is 11.1. The number of phenolic OH excluding ortho intramolecular Hbond substituents is 1. The number of allylic oxidation sites excluding steroid dienone is 1. The highest BCUT2D eigenvalue weighted by molar-refractivity contribution is 6.07. The van der Waals surface area contributed by atoms with Crippen LogP contribution in [0.3, 0.4) is 0 Å². The predicted octanol–water partition coefficient (Wildman–Crippen LogP) is 4.04. The fourth-order valence-electron chi connectivity index (χ4n) is 2.20. The van der Waals surface area contributed by atoms with Crippen LogP contribution in [0.25, 0.3) is 17.0 Å². The van der Waals surface area contributed by atoms with Crippen LogP contribution in [0.2, 0.25) is 0 Å². The van der Waals surface area contributed by atoms with Crippen LogP contribution in [0.1, 0.15) is 16.1 Å². The van der Waals surface area contributed by atoms with Crippen LogP contribution in [0.4, 0.5) is 0 Å². The third-order valence-electron chi connectivity index (χ3n) is 3.27. The molecule has 0 aliphatic heterocycles. The molecule has 0 fully saturated rings. The molecule has 22 heavy (non-hydrogen) atoms. The Morgan fingerprint density at radius 3 is 2.77 bits per heavy atom. The lowest BCUT2D eigenvalue weighted by Crippen LogP contribution is -1.90. The van der Waals surface area contributed by atoms with Gasteiger partial charge in [0.2, 0.25) is 5.78 Å². The Morgan fingerprint density at radius 2 is 2.00 bits per heavy atom. The molecule has 0 amide bonds. The van der Waals surface area contributed by atoms with E-state index < -0.39 is 0 Å². The predicted molar refractivity (Wildman–Crippen MR) is 84.2 cm³/mol. The first kappa shape index (κ1) is 13.9. The highest BCUT2D eigenvalue weighted by Gasteiger charge is 2.12. The Hall–Kier alpha value is -3.01. The number of ketones is 1. The van der Waals surface area contributed by atoms with Crippen LogP contribution in [-0.2, 0) is 0 Å². The molecule has 3 rings (SSSR count). The van der Waals surface area contributed by atoms with Gasteiger partial charge in [0, 0.05) is 5.39 Å². The number of furan rings is 1. The summed E-state index contributed by atoms with van der Waals surface area (Å²) in [5, 5.41) is 10.2. The van der Waals surface area contributed by atoms with Crippen LogP contribution in [0, 0.1) is 0 Å². The summed E-state index contributed by atoms with van der Waals surface area (Å²) in [5.41, 5.74) is 1.29. The highest BCUT2D eigenvalue weighted by atomic mass is 16.5. The van der Waals surface area contributed by atoms with Gasteiger partial charge in [-0.15, -0.1) is 0 Å². The molecule has 3 aromatic rings. The fraction of sp³-hybridized carbons (Fsp3) is 0.0556. The first-order valence-electron chi connectivity index (χ1n) is 6.75. The number of methoxy groups -OCH3 is 1. The number of hydrogen-bond donors (Lipinski definition) is 1. The van der Waals surface area contributed by atoms with Gasteiger partial charge in [0.05, 0.1) is 7.11 Å². The molecule has 0 aliphatic rings. The number of benzene rings is 2. The summed E-state index contributed by atoms with van der Waals surface area (Å²) in [6.45, 7) is 0. The lowest BCUT2D eigenvalue weighted by atomic mass is 10.1. The van der Waals surface area contributed by atoms with Crippen molar-refractivity contribution in [2.24, 2.45) is 0 Å². The van der Waals surface area contributed by atoms with E-state index in [-0.39, 0.29) is 17.3 Å². The number of fused-ring (bicyclic) bond motifs is 1. The molecule has 1 aromatic heterocycles. The average molecular weight is 294 g/mol. The zero-order valence-corrected chi connectivity index (χ0v) is 11.9. The summed E-state index contributed by atoms with van der Waals surface area (Å²) in [5.74, 6) is 0.745. The first-order valence-corrected chi connectivity index (χ1v) is 6.75. The number of phenols is 1. The Kier molecular flexibility index (Phi) is 3.66. The molecule has 0 aliphatic carbocycles.